The van der Waals surface area contributed by atoms with Gasteiger partial charge in [-0.1, -0.05) is 32.0 Å². The molecule has 3 heteroatoms. The van der Waals surface area contributed by atoms with Crippen LogP contribution in [0.2, 0.25) is 0 Å². The molecule has 1 aromatic carbocycles. The maximum absolute atomic E-state index is 3.89. The van der Waals surface area contributed by atoms with Crippen molar-refractivity contribution in [3.63, 3.8) is 0 Å². The normalized spacial score (nSPS) is 10.6. The van der Waals surface area contributed by atoms with E-state index >= 15 is 0 Å². The fourth-order valence-electron chi connectivity index (χ4n) is 1.72. The predicted molar refractivity (Wildman–Crippen MR) is 77.2 cm³/mol. The van der Waals surface area contributed by atoms with Crippen molar-refractivity contribution in [1.29, 1.82) is 0 Å². The van der Waals surface area contributed by atoms with Crippen LogP contribution in [0.1, 0.15) is 25.2 Å². The lowest BCUT2D eigenvalue weighted by Gasteiger charge is -1.85. The molecule has 0 atom stereocenters. The van der Waals surface area contributed by atoms with E-state index < -0.39 is 0 Å². The third-order valence-corrected chi connectivity index (χ3v) is 2.52. The Morgan fingerprint density at radius 3 is 2.50 bits per heavy atom. The lowest BCUT2D eigenvalue weighted by atomic mass is 10.2. The summed E-state index contributed by atoms with van der Waals surface area (Å²) in [5.74, 6) is 0. The van der Waals surface area contributed by atoms with Gasteiger partial charge in [-0.3, -0.25) is 5.10 Å². The van der Waals surface area contributed by atoms with Crippen molar-refractivity contribution in [3.8, 4) is 0 Å². The van der Waals surface area contributed by atoms with Gasteiger partial charge in [0.25, 0.3) is 0 Å². The van der Waals surface area contributed by atoms with Crippen LogP contribution in [0.4, 0.5) is 0 Å². The zero-order chi connectivity index (χ0) is 12.8. The minimum atomic E-state index is 0.999. The first-order chi connectivity index (χ1) is 8.92. The highest BCUT2D eigenvalue weighted by Crippen LogP contribution is 2.16. The third-order valence-electron chi connectivity index (χ3n) is 2.52. The second-order valence-corrected chi connectivity index (χ2v) is 3.66. The first-order valence-electron chi connectivity index (χ1n) is 6.17. The number of aromatic amines is 2. The van der Waals surface area contributed by atoms with Gasteiger partial charge in [-0.25, -0.2) is 0 Å². The summed E-state index contributed by atoms with van der Waals surface area (Å²) in [5.41, 5.74) is 3.25. The van der Waals surface area contributed by atoms with Gasteiger partial charge in [0.2, 0.25) is 0 Å². The molecule has 0 aliphatic heterocycles. The van der Waals surface area contributed by atoms with E-state index in [2.05, 4.69) is 33.4 Å². The van der Waals surface area contributed by atoms with Gasteiger partial charge >= 0.3 is 0 Å². The van der Waals surface area contributed by atoms with E-state index in [0.29, 0.717) is 0 Å². The molecule has 2 heterocycles. The zero-order valence-corrected chi connectivity index (χ0v) is 10.6. The second kappa shape index (κ2) is 5.87. The van der Waals surface area contributed by atoms with Crippen LogP contribution in [0.5, 0.6) is 0 Å². The van der Waals surface area contributed by atoms with Gasteiger partial charge in [-0.15, -0.1) is 0 Å². The lowest BCUT2D eigenvalue weighted by Crippen LogP contribution is -1.72. The molecule has 3 nitrogen and oxygen atoms in total. The summed E-state index contributed by atoms with van der Waals surface area (Å²) in [6, 6.07) is 12.3. The molecule has 2 aromatic heterocycles. The second-order valence-electron chi connectivity index (χ2n) is 3.66. The Morgan fingerprint density at radius 1 is 1.00 bits per heavy atom. The molecule has 0 saturated carbocycles. The molecule has 0 saturated heterocycles. The van der Waals surface area contributed by atoms with Gasteiger partial charge in [-0.05, 0) is 35.7 Å². The molecule has 0 aliphatic rings. The van der Waals surface area contributed by atoms with Crippen molar-refractivity contribution in [2.24, 2.45) is 0 Å². The highest BCUT2D eigenvalue weighted by molar-refractivity contribution is 5.84. The minimum absolute atomic E-state index is 0.999. The Kier molecular flexibility index (Phi) is 3.97. The topological polar surface area (TPSA) is 44.5 Å². The average Bonchev–Trinajstić information content (AvgIpc) is 3.07. The molecule has 92 valence electrons. The molecule has 0 fully saturated rings. The van der Waals surface area contributed by atoms with Crippen molar-refractivity contribution >= 4 is 23.1 Å². The summed E-state index contributed by atoms with van der Waals surface area (Å²) in [5, 5.41) is 8.01. The van der Waals surface area contributed by atoms with Crippen LogP contribution < -0.4 is 0 Å². The number of hydrogen-bond donors (Lipinski definition) is 2. The Morgan fingerprint density at radius 2 is 1.78 bits per heavy atom. The average molecular weight is 239 g/mol. The van der Waals surface area contributed by atoms with Crippen molar-refractivity contribution in [1.82, 2.24) is 15.2 Å². The van der Waals surface area contributed by atoms with E-state index in [1.54, 1.807) is 6.20 Å². The number of para-hydroxylation sites is 1. The van der Waals surface area contributed by atoms with E-state index in [1.165, 1.54) is 5.39 Å². The number of hydrogen-bond acceptors (Lipinski definition) is 1. The summed E-state index contributed by atoms with van der Waals surface area (Å²) in [4.78, 5) is 3.34. The van der Waals surface area contributed by atoms with Crippen molar-refractivity contribution in [2.75, 3.05) is 0 Å². The van der Waals surface area contributed by atoms with Crippen LogP contribution in [-0.4, -0.2) is 15.2 Å². The van der Waals surface area contributed by atoms with Crippen molar-refractivity contribution in [2.45, 2.75) is 13.8 Å². The molecule has 3 aromatic rings. The molecule has 0 aliphatic carbocycles. The first kappa shape index (κ1) is 12.2. The number of nitrogens with zero attached hydrogens (tertiary/aromatic N) is 1. The Balaban J connectivity index is 0.000000574. The zero-order valence-electron chi connectivity index (χ0n) is 10.6. The monoisotopic (exact) mass is 239 g/mol. The summed E-state index contributed by atoms with van der Waals surface area (Å²) < 4.78 is 0. The van der Waals surface area contributed by atoms with E-state index in [1.807, 2.05) is 44.2 Å². The Bertz CT molecular complexity index is 585. The molecule has 0 amide bonds. The van der Waals surface area contributed by atoms with E-state index in [-0.39, 0.29) is 0 Å². The fourth-order valence-corrected chi connectivity index (χ4v) is 1.72. The first-order valence-corrected chi connectivity index (χ1v) is 6.17. The van der Waals surface area contributed by atoms with Gasteiger partial charge in [0, 0.05) is 17.4 Å². The highest BCUT2D eigenvalue weighted by Gasteiger charge is 1.96. The van der Waals surface area contributed by atoms with Crippen LogP contribution in [0.15, 0.2) is 42.6 Å². The number of fused-ring (bicyclic) bond motifs is 1. The van der Waals surface area contributed by atoms with E-state index in [4.69, 9.17) is 0 Å². The summed E-state index contributed by atoms with van der Waals surface area (Å²) in [6.07, 6.45) is 5.77. The molecule has 0 spiro atoms. The number of benzene rings is 1. The maximum Gasteiger partial charge on any atom is 0.0578 e. The Labute approximate surface area is 107 Å². The predicted octanol–water partition coefficient (Wildman–Crippen LogP) is 4.09. The van der Waals surface area contributed by atoms with Crippen LogP contribution in [0.3, 0.4) is 0 Å². The fraction of sp³-hybridized carbons (Fsp3) is 0.133. The number of aromatic nitrogens is 3. The van der Waals surface area contributed by atoms with Crippen molar-refractivity contribution < 1.29 is 0 Å². The van der Waals surface area contributed by atoms with Crippen LogP contribution in [-0.2, 0) is 0 Å². The smallest absolute Gasteiger partial charge is 0.0578 e. The molecule has 0 bridgehead atoms. The van der Waals surface area contributed by atoms with Gasteiger partial charge < -0.3 is 4.98 Å². The minimum Gasteiger partial charge on any atom is -0.355 e. The van der Waals surface area contributed by atoms with Crippen LogP contribution in [0.25, 0.3) is 23.1 Å². The molecular formula is C15H17N3. The quantitative estimate of drug-likeness (QED) is 0.695. The SMILES string of the molecule is C(=C\c1cc2ccccc2[nH]1)/c1ccn[nH]1.CC. The van der Waals surface area contributed by atoms with Crippen LogP contribution in [0, 0.1) is 0 Å². The largest absolute Gasteiger partial charge is 0.355 e. The summed E-state index contributed by atoms with van der Waals surface area (Å²) in [6.45, 7) is 4.00. The van der Waals surface area contributed by atoms with Gasteiger partial charge in [0.05, 0.1) is 5.69 Å². The molecule has 2 N–H and O–H groups in total. The summed E-state index contributed by atoms with van der Waals surface area (Å²) >= 11 is 0. The van der Waals surface area contributed by atoms with Crippen LogP contribution >= 0.6 is 0 Å². The maximum atomic E-state index is 3.89. The molecular weight excluding hydrogens is 222 g/mol. The summed E-state index contributed by atoms with van der Waals surface area (Å²) in [7, 11) is 0. The van der Waals surface area contributed by atoms with Crippen molar-refractivity contribution in [3.05, 3.63) is 54.0 Å². The Hall–Kier alpha value is -2.29. The van der Waals surface area contributed by atoms with Gasteiger partial charge in [-0.2, -0.15) is 5.10 Å². The number of H-pyrrole nitrogens is 2. The molecule has 0 radical (unpaired) electrons. The van der Waals surface area contributed by atoms with E-state index in [9.17, 15) is 0 Å². The van der Waals surface area contributed by atoms with Gasteiger partial charge in [0.1, 0.15) is 0 Å². The third kappa shape index (κ3) is 2.69. The van der Waals surface area contributed by atoms with E-state index in [0.717, 1.165) is 16.9 Å². The number of nitrogens with one attached hydrogen (secondary N) is 2. The lowest BCUT2D eigenvalue weighted by molar-refractivity contribution is 1.08. The number of rotatable bonds is 2. The molecule has 3 rings (SSSR count). The molecule has 18 heavy (non-hydrogen) atoms. The standard InChI is InChI=1S/C13H11N3.C2H6/c1-2-4-13-10(3-1)9-12(15-13)6-5-11-7-8-14-16-11;1-2/h1-9,15H,(H,14,16);1-2H3/b6-5+;. The molecule has 0 unspecified atom stereocenters. The highest BCUT2D eigenvalue weighted by atomic mass is 15.1. The van der Waals surface area contributed by atoms with Gasteiger partial charge in [0.15, 0.2) is 0 Å².